The SMILES string of the molecule is CC(C)(C)C(=O)[C@@H]1CO[C@H](CO[Si](c2ccccc2)(c2ccccc2)C(C)(C)C)C[C@H]1OCc1ccccc1. The van der Waals surface area contributed by atoms with Crippen molar-refractivity contribution in [3.8, 4) is 0 Å². The molecular weight excluding hydrogens is 500 g/mol. The first-order valence-corrected chi connectivity index (χ1v) is 16.0. The Balaban J connectivity index is 1.59. The summed E-state index contributed by atoms with van der Waals surface area (Å²) in [6, 6.07) is 31.5. The van der Waals surface area contributed by atoms with Crippen LogP contribution < -0.4 is 10.4 Å². The molecule has 1 heterocycles. The van der Waals surface area contributed by atoms with Crippen molar-refractivity contribution >= 4 is 24.5 Å². The number of carbonyl (C=O) groups excluding carboxylic acids is 1. The second-order valence-electron chi connectivity index (χ2n) is 12.7. The minimum Gasteiger partial charge on any atom is -0.405 e. The number of hydrogen-bond acceptors (Lipinski definition) is 4. The highest BCUT2D eigenvalue weighted by Crippen LogP contribution is 2.38. The summed E-state index contributed by atoms with van der Waals surface area (Å²) < 4.78 is 20.0. The molecule has 0 aliphatic carbocycles. The highest BCUT2D eigenvalue weighted by atomic mass is 28.4. The van der Waals surface area contributed by atoms with E-state index >= 15 is 0 Å². The highest BCUT2D eigenvalue weighted by molar-refractivity contribution is 6.99. The average Bonchev–Trinajstić information content (AvgIpc) is 2.92. The van der Waals surface area contributed by atoms with Gasteiger partial charge in [0.15, 0.2) is 0 Å². The maximum absolute atomic E-state index is 13.4. The molecule has 0 unspecified atom stereocenters. The molecule has 0 amide bonds. The van der Waals surface area contributed by atoms with E-state index in [0.717, 1.165) is 5.56 Å². The molecule has 0 saturated carbocycles. The minimum absolute atomic E-state index is 0.113. The normalized spacial score (nSPS) is 20.5. The Morgan fingerprint density at radius 2 is 1.33 bits per heavy atom. The standard InChI is InChI=1S/C34H44O4Si/c1-33(2,3)32(35)30-25-36-27(22-31(30)37-23-26-16-10-7-11-17-26)24-38-39(34(4,5)6,28-18-12-8-13-19-28)29-20-14-9-15-21-29/h7-21,27,30-31H,22-25H2,1-6H3/t27-,30+,31+/m0/s1. The summed E-state index contributed by atoms with van der Waals surface area (Å²) in [5.74, 6) is -0.107. The molecule has 0 spiro atoms. The molecule has 3 aromatic rings. The van der Waals surface area contributed by atoms with Gasteiger partial charge >= 0.3 is 0 Å². The van der Waals surface area contributed by atoms with Gasteiger partial charge in [0.25, 0.3) is 8.32 Å². The van der Waals surface area contributed by atoms with Crippen molar-refractivity contribution in [3.63, 3.8) is 0 Å². The fraction of sp³-hybridized carbons (Fsp3) is 0.441. The maximum Gasteiger partial charge on any atom is 0.261 e. The van der Waals surface area contributed by atoms with Crippen LogP contribution in [0.4, 0.5) is 0 Å². The third-order valence-electron chi connectivity index (χ3n) is 7.74. The minimum atomic E-state index is -2.68. The Bertz CT molecular complexity index is 1140. The summed E-state index contributed by atoms with van der Waals surface area (Å²) in [7, 11) is -2.68. The van der Waals surface area contributed by atoms with Crippen molar-refractivity contribution in [3.05, 3.63) is 96.6 Å². The molecule has 0 aromatic heterocycles. The molecule has 3 aromatic carbocycles. The van der Waals surface area contributed by atoms with Crippen molar-refractivity contribution in [1.29, 1.82) is 0 Å². The van der Waals surface area contributed by atoms with Crippen LogP contribution in [0.25, 0.3) is 0 Å². The van der Waals surface area contributed by atoms with Crippen molar-refractivity contribution in [2.24, 2.45) is 11.3 Å². The van der Waals surface area contributed by atoms with Crippen LogP contribution in [0.1, 0.15) is 53.5 Å². The first kappa shape index (κ1) is 29.4. The zero-order valence-electron chi connectivity index (χ0n) is 24.4. The van der Waals surface area contributed by atoms with E-state index in [2.05, 4.69) is 93.6 Å². The molecule has 1 aliphatic heterocycles. The zero-order valence-corrected chi connectivity index (χ0v) is 25.4. The number of rotatable bonds is 9. The Morgan fingerprint density at radius 3 is 1.82 bits per heavy atom. The van der Waals surface area contributed by atoms with Crippen LogP contribution >= 0.6 is 0 Å². The first-order valence-electron chi connectivity index (χ1n) is 14.1. The van der Waals surface area contributed by atoms with Gasteiger partial charge in [0, 0.05) is 11.8 Å². The number of carbonyl (C=O) groups is 1. The molecule has 0 bridgehead atoms. The summed E-state index contributed by atoms with van der Waals surface area (Å²) in [5.41, 5.74) is 0.645. The molecule has 1 fully saturated rings. The van der Waals surface area contributed by atoms with Crippen molar-refractivity contribution < 1.29 is 18.7 Å². The Hall–Kier alpha value is -2.57. The molecule has 39 heavy (non-hydrogen) atoms. The largest absolute Gasteiger partial charge is 0.405 e. The number of benzene rings is 3. The van der Waals surface area contributed by atoms with Gasteiger partial charge in [-0.3, -0.25) is 4.79 Å². The monoisotopic (exact) mass is 544 g/mol. The van der Waals surface area contributed by atoms with Crippen LogP contribution in [0.3, 0.4) is 0 Å². The van der Waals surface area contributed by atoms with Gasteiger partial charge in [-0.15, -0.1) is 0 Å². The van der Waals surface area contributed by atoms with Crippen molar-refractivity contribution in [2.45, 2.75) is 71.8 Å². The predicted octanol–water partition coefficient (Wildman–Crippen LogP) is 6.17. The second-order valence-corrected chi connectivity index (χ2v) is 17.0. The third kappa shape index (κ3) is 6.78. The van der Waals surface area contributed by atoms with E-state index in [4.69, 9.17) is 13.9 Å². The molecule has 0 radical (unpaired) electrons. The topological polar surface area (TPSA) is 44.8 Å². The number of Topliss-reactive ketones (excluding diaryl/α,β-unsaturated/α-hetero) is 1. The van der Waals surface area contributed by atoms with Gasteiger partial charge in [-0.1, -0.05) is 133 Å². The fourth-order valence-electron chi connectivity index (χ4n) is 5.70. The lowest BCUT2D eigenvalue weighted by molar-refractivity contribution is -0.157. The molecular formula is C34H44O4Si. The van der Waals surface area contributed by atoms with Crippen LogP contribution in [0.5, 0.6) is 0 Å². The first-order chi connectivity index (χ1) is 18.5. The zero-order chi connectivity index (χ0) is 28.1. The highest BCUT2D eigenvalue weighted by Gasteiger charge is 2.51. The molecule has 208 valence electrons. The van der Waals surface area contributed by atoms with E-state index in [1.165, 1.54) is 10.4 Å². The number of ether oxygens (including phenoxy) is 2. The maximum atomic E-state index is 13.4. The van der Waals surface area contributed by atoms with E-state index in [0.29, 0.717) is 26.2 Å². The fourth-order valence-corrected chi connectivity index (χ4v) is 10.3. The number of ketones is 1. The second kappa shape index (κ2) is 12.3. The van der Waals surface area contributed by atoms with E-state index in [-0.39, 0.29) is 28.9 Å². The molecule has 1 saturated heterocycles. The lowest BCUT2D eigenvalue weighted by Gasteiger charge is -2.44. The van der Waals surface area contributed by atoms with Gasteiger partial charge in [0.2, 0.25) is 0 Å². The summed E-state index contributed by atoms with van der Waals surface area (Å²) in [5, 5.41) is 2.38. The van der Waals surface area contributed by atoms with Crippen LogP contribution in [0.2, 0.25) is 5.04 Å². The molecule has 0 N–H and O–H groups in total. The third-order valence-corrected chi connectivity index (χ3v) is 12.7. The van der Waals surface area contributed by atoms with E-state index < -0.39 is 13.7 Å². The molecule has 4 rings (SSSR count). The molecule has 5 heteroatoms. The van der Waals surface area contributed by atoms with E-state index in [1.807, 2.05) is 39.0 Å². The summed E-state index contributed by atoms with van der Waals surface area (Å²) >= 11 is 0. The molecule has 4 nitrogen and oxygen atoms in total. The Labute approximate surface area is 235 Å². The van der Waals surface area contributed by atoms with Crippen LogP contribution in [0, 0.1) is 11.3 Å². The smallest absolute Gasteiger partial charge is 0.261 e. The Morgan fingerprint density at radius 1 is 0.821 bits per heavy atom. The van der Waals surface area contributed by atoms with Gasteiger partial charge in [-0.05, 0) is 21.0 Å². The van der Waals surface area contributed by atoms with Gasteiger partial charge in [0.05, 0.1) is 37.9 Å². The van der Waals surface area contributed by atoms with Crippen LogP contribution in [0.15, 0.2) is 91.0 Å². The van der Waals surface area contributed by atoms with Gasteiger partial charge in [0.1, 0.15) is 5.78 Å². The van der Waals surface area contributed by atoms with Gasteiger partial charge in [-0.2, -0.15) is 0 Å². The van der Waals surface area contributed by atoms with E-state index in [9.17, 15) is 4.79 Å². The predicted molar refractivity (Wildman–Crippen MR) is 161 cm³/mol. The number of hydrogen-bond donors (Lipinski definition) is 0. The lowest BCUT2D eigenvalue weighted by Crippen LogP contribution is -2.67. The van der Waals surface area contributed by atoms with Crippen LogP contribution in [-0.4, -0.2) is 39.5 Å². The average molecular weight is 545 g/mol. The summed E-state index contributed by atoms with van der Waals surface area (Å²) in [6.07, 6.45) is 0.243. The quantitative estimate of drug-likeness (QED) is 0.302. The van der Waals surface area contributed by atoms with Crippen LogP contribution in [-0.2, 0) is 25.3 Å². The van der Waals surface area contributed by atoms with Gasteiger partial charge in [-0.25, -0.2) is 0 Å². The summed E-state index contributed by atoms with van der Waals surface area (Å²) in [4.78, 5) is 13.4. The van der Waals surface area contributed by atoms with Crippen molar-refractivity contribution in [2.75, 3.05) is 13.2 Å². The van der Waals surface area contributed by atoms with Gasteiger partial charge < -0.3 is 13.9 Å². The Kier molecular flexibility index (Phi) is 9.28. The molecule has 3 atom stereocenters. The van der Waals surface area contributed by atoms with E-state index in [1.54, 1.807) is 0 Å². The summed E-state index contributed by atoms with van der Waals surface area (Å²) in [6.45, 7) is 14.0. The lowest BCUT2D eigenvalue weighted by atomic mass is 9.79. The molecule has 1 aliphatic rings. The van der Waals surface area contributed by atoms with Crippen molar-refractivity contribution in [1.82, 2.24) is 0 Å².